The van der Waals surface area contributed by atoms with Gasteiger partial charge in [0.2, 0.25) is 0 Å². The van der Waals surface area contributed by atoms with Gasteiger partial charge in [0.15, 0.2) is 5.82 Å². The van der Waals surface area contributed by atoms with Crippen LogP contribution in [0.5, 0.6) is 0 Å². The molecule has 6 heteroatoms. The third-order valence-electron chi connectivity index (χ3n) is 2.79. The Balaban J connectivity index is 2.03. The molecule has 0 saturated heterocycles. The van der Waals surface area contributed by atoms with Crippen molar-refractivity contribution >= 4 is 5.82 Å². The van der Waals surface area contributed by atoms with Crippen LogP contribution in [0.1, 0.15) is 17.0 Å². The van der Waals surface area contributed by atoms with Crippen molar-refractivity contribution in [1.82, 2.24) is 19.6 Å². The molecule has 0 radical (unpaired) electrons. The first-order valence-electron chi connectivity index (χ1n) is 5.93. The molecule has 5 nitrogen and oxygen atoms in total. The fourth-order valence-corrected chi connectivity index (χ4v) is 1.90. The van der Waals surface area contributed by atoms with E-state index in [-0.39, 0.29) is 0 Å². The summed E-state index contributed by atoms with van der Waals surface area (Å²) in [6.07, 6.45) is 1.84. The van der Waals surface area contributed by atoms with Gasteiger partial charge in [-0.2, -0.15) is 10.2 Å². The highest BCUT2D eigenvalue weighted by atomic mass is 19.1. The lowest BCUT2D eigenvalue weighted by Crippen LogP contribution is -2.07. The largest absolute Gasteiger partial charge is 0.363 e. The minimum absolute atomic E-state index is 0.299. The third-order valence-corrected chi connectivity index (χ3v) is 2.79. The third kappa shape index (κ3) is 2.69. The number of hydrogen-bond donors (Lipinski definition) is 1. The molecule has 0 saturated carbocycles. The highest BCUT2D eigenvalue weighted by Gasteiger charge is 2.06. The Kier molecular flexibility index (Phi) is 3.64. The smallest absolute Gasteiger partial charge is 0.151 e. The maximum Gasteiger partial charge on any atom is 0.151 e. The monoisotopic (exact) mass is 251 g/mol. The van der Waals surface area contributed by atoms with Gasteiger partial charge in [-0.05, 0) is 19.9 Å². The molecular formula is C12H18FN5. The van der Waals surface area contributed by atoms with Gasteiger partial charge < -0.3 is 5.32 Å². The van der Waals surface area contributed by atoms with E-state index in [1.54, 1.807) is 4.68 Å². The maximum atomic E-state index is 12.2. The average Bonchev–Trinajstić information content (AvgIpc) is 2.80. The lowest BCUT2D eigenvalue weighted by atomic mass is 10.3. The van der Waals surface area contributed by atoms with Crippen LogP contribution in [0.4, 0.5) is 10.2 Å². The van der Waals surface area contributed by atoms with E-state index in [1.807, 2.05) is 37.8 Å². The van der Waals surface area contributed by atoms with Crippen LogP contribution in [0.15, 0.2) is 12.3 Å². The van der Waals surface area contributed by atoms with Gasteiger partial charge in [-0.15, -0.1) is 0 Å². The first-order chi connectivity index (χ1) is 8.60. The summed E-state index contributed by atoms with van der Waals surface area (Å²) in [6.45, 7) is 4.48. The van der Waals surface area contributed by atoms with E-state index in [1.165, 1.54) is 0 Å². The minimum Gasteiger partial charge on any atom is -0.363 e. The summed E-state index contributed by atoms with van der Waals surface area (Å²) in [4.78, 5) is 0. The van der Waals surface area contributed by atoms with Crippen molar-refractivity contribution < 1.29 is 4.39 Å². The molecule has 98 valence electrons. The van der Waals surface area contributed by atoms with E-state index in [2.05, 4.69) is 15.5 Å². The zero-order valence-electron chi connectivity index (χ0n) is 10.9. The molecule has 0 aliphatic heterocycles. The van der Waals surface area contributed by atoms with Crippen LogP contribution in [0, 0.1) is 13.8 Å². The Morgan fingerprint density at radius 1 is 1.33 bits per heavy atom. The molecule has 0 fully saturated rings. The number of aromatic nitrogens is 4. The van der Waals surface area contributed by atoms with Crippen molar-refractivity contribution in [1.29, 1.82) is 0 Å². The molecule has 0 aliphatic carbocycles. The van der Waals surface area contributed by atoms with Crippen LogP contribution in [-0.4, -0.2) is 26.2 Å². The van der Waals surface area contributed by atoms with Gasteiger partial charge >= 0.3 is 0 Å². The minimum atomic E-state index is -0.401. The predicted octanol–water partition coefficient (Wildman–Crippen LogP) is 1.82. The van der Waals surface area contributed by atoms with E-state index in [0.29, 0.717) is 13.1 Å². The zero-order chi connectivity index (χ0) is 13.1. The Bertz CT molecular complexity index is 529. The molecule has 0 spiro atoms. The summed E-state index contributed by atoms with van der Waals surface area (Å²) in [5.74, 6) is 0.794. The van der Waals surface area contributed by atoms with Crippen molar-refractivity contribution in [3.05, 3.63) is 29.2 Å². The second-order valence-corrected chi connectivity index (χ2v) is 4.37. The van der Waals surface area contributed by atoms with Crippen molar-refractivity contribution in [3.63, 3.8) is 0 Å². The van der Waals surface area contributed by atoms with E-state index >= 15 is 0 Å². The highest BCUT2D eigenvalue weighted by molar-refractivity contribution is 5.42. The predicted molar refractivity (Wildman–Crippen MR) is 68.2 cm³/mol. The second kappa shape index (κ2) is 5.20. The molecule has 0 aliphatic rings. The number of halogens is 1. The van der Waals surface area contributed by atoms with E-state index in [4.69, 9.17) is 0 Å². The Morgan fingerprint density at radius 3 is 2.72 bits per heavy atom. The number of nitrogens with zero attached hydrogens (tertiary/aromatic N) is 4. The Hall–Kier alpha value is -1.85. The molecule has 2 rings (SSSR count). The zero-order valence-corrected chi connectivity index (χ0v) is 10.9. The van der Waals surface area contributed by atoms with Crippen molar-refractivity contribution in [2.24, 2.45) is 7.05 Å². The standard InChI is InChI=1S/C12H18FN5/c1-9-8-18(5-4-13)16-12(9)14-7-11-6-10(2)15-17(11)3/h6,8H,4-5,7H2,1-3H3,(H,14,16). The Labute approximate surface area is 106 Å². The van der Waals surface area contributed by atoms with Crippen molar-refractivity contribution in [2.45, 2.75) is 26.9 Å². The summed E-state index contributed by atoms with van der Waals surface area (Å²) < 4.78 is 15.7. The van der Waals surface area contributed by atoms with Gasteiger partial charge in [0, 0.05) is 18.8 Å². The number of alkyl halides is 1. The first-order valence-corrected chi connectivity index (χ1v) is 5.93. The molecule has 0 bridgehead atoms. The molecule has 0 atom stereocenters. The lowest BCUT2D eigenvalue weighted by Gasteiger charge is -2.04. The molecule has 2 aromatic rings. The number of rotatable bonds is 5. The van der Waals surface area contributed by atoms with Gasteiger partial charge in [-0.3, -0.25) is 9.36 Å². The highest BCUT2D eigenvalue weighted by Crippen LogP contribution is 2.13. The summed E-state index contributed by atoms with van der Waals surface area (Å²) in [7, 11) is 1.92. The van der Waals surface area contributed by atoms with Gasteiger partial charge in [-0.1, -0.05) is 0 Å². The van der Waals surface area contributed by atoms with Crippen LogP contribution in [0.3, 0.4) is 0 Å². The van der Waals surface area contributed by atoms with Crippen LogP contribution in [0.2, 0.25) is 0 Å². The van der Waals surface area contributed by atoms with Crippen LogP contribution >= 0.6 is 0 Å². The SMILES string of the molecule is Cc1cc(CNc2nn(CCF)cc2C)n(C)n1. The van der Waals surface area contributed by atoms with Gasteiger partial charge in [-0.25, -0.2) is 4.39 Å². The van der Waals surface area contributed by atoms with Crippen LogP contribution < -0.4 is 5.32 Å². The van der Waals surface area contributed by atoms with Crippen LogP contribution in [0.25, 0.3) is 0 Å². The first kappa shape index (κ1) is 12.6. The molecule has 2 heterocycles. The van der Waals surface area contributed by atoms with Crippen molar-refractivity contribution in [2.75, 3.05) is 12.0 Å². The number of hydrogen-bond acceptors (Lipinski definition) is 3. The average molecular weight is 251 g/mol. The molecular weight excluding hydrogens is 233 g/mol. The molecule has 0 amide bonds. The van der Waals surface area contributed by atoms with Gasteiger partial charge in [0.05, 0.1) is 24.5 Å². The fraction of sp³-hybridized carbons (Fsp3) is 0.500. The normalized spacial score (nSPS) is 10.9. The summed E-state index contributed by atoms with van der Waals surface area (Å²) in [5, 5.41) is 11.8. The van der Waals surface area contributed by atoms with Crippen molar-refractivity contribution in [3.8, 4) is 0 Å². The van der Waals surface area contributed by atoms with Gasteiger partial charge in [0.1, 0.15) is 6.67 Å². The topological polar surface area (TPSA) is 47.7 Å². The summed E-state index contributed by atoms with van der Waals surface area (Å²) in [5.41, 5.74) is 3.10. The van der Waals surface area contributed by atoms with E-state index in [0.717, 1.165) is 22.8 Å². The van der Waals surface area contributed by atoms with E-state index < -0.39 is 6.67 Å². The molecule has 1 N–H and O–H groups in total. The second-order valence-electron chi connectivity index (χ2n) is 4.37. The maximum absolute atomic E-state index is 12.2. The summed E-state index contributed by atoms with van der Waals surface area (Å²) in [6, 6.07) is 2.03. The van der Waals surface area contributed by atoms with Gasteiger partial charge in [0.25, 0.3) is 0 Å². The molecule has 0 unspecified atom stereocenters. The fourth-order valence-electron chi connectivity index (χ4n) is 1.90. The number of nitrogens with one attached hydrogen (secondary N) is 1. The Morgan fingerprint density at radius 2 is 2.11 bits per heavy atom. The molecule has 18 heavy (non-hydrogen) atoms. The quantitative estimate of drug-likeness (QED) is 0.881. The van der Waals surface area contributed by atoms with Crippen LogP contribution in [-0.2, 0) is 20.1 Å². The summed E-state index contributed by atoms with van der Waals surface area (Å²) >= 11 is 0. The lowest BCUT2D eigenvalue weighted by molar-refractivity contribution is 0.427. The number of anilines is 1. The van der Waals surface area contributed by atoms with E-state index in [9.17, 15) is 4.39 Å². The number of aryl methyl sites for hydroxylation is 4. The molecule has 2 aromatic heterocycles. The molecule has 0 aromatic carbocycles.